The summed E-state index contributed by atoms with van der Waals surface area (Å²) in [6.45, 7) is 0. The Labute approximate surface area is 86.0 Å². The predicted octanol–water partition coefficient (Wildman–Crippen LogP) is 2.47. The lowest BCUT2D eigenvalue weighted by atomic mass is 10.2. The molecule has 1 aromatic rings. The summed E-state index contributed by atoms with van der Waals surface area (Å²) < 4.78 is 28.4. The quantitative estimate of drug-likeness (QED) is 0.639. The molecule has 0 radical (unpaired) electrons. The van der Waals surface area contributed by atoms with E-state index < -0.39 is 14.8 Å². The van der Waals surface area contributed by atoms with Gasteiger partial charge < -0.3 is 0 Å². The van der Waals surface area contributed by atoms with Gasteiger partial charge in [-0.1, -0.05) is 41.4 Å². The van der Waals surface area contributed by atoms with E-state index in [9.17, 15) is 8.42 Å². The fourth-order valence-corrected chi connectivity index (χ4v) is 1.90. The molecular weight excluding hydrogens is 235 g/mol. The van der Waals surface area contributed by atoms with E-state index in [0.717, 1.165) is 0 Å². The molecule has 0 heterocycles. The molecule has 1 rings (SSSR count). The first-order valence-electron chi connectivity index (χ1n) is 3.27. The first-order chi connectivity index (χ1) is 5.93. The predicted molar refractivity (Wildman–Crippen MR) is 51.6 cm³/mol. The van der Waals surface area contributed by atoms with Crippen LogP contribution in [-0.4, -0.2) is 13.0 Å². The molecule has 0 amide bonds. The zero-order valence-electron chi connectivity index (χ0n) is 6.31. The zero-order valence-corrected chi connectivity index (χ0v) is 8.64. The van der Waals surface area contributed by atoms with Gasteiger partial charge in [-0.2, -0.15) is 8.42 Å². The van der Waals surface area contributed by atoms with Crippen molar-refractivity contribution >= 4 is 33.3 Å². The minimum Gasteiger partial charge on any atom is -0.284 e. The SMILES string of the molecule is O=S(=O)(O)C(Cl)c1ccccc1Cl. The molecule has 72 valence electrons. The van der Waals surface area contributed by atoms with Crippen molar-refractivity contribution in [3.63, 3.8) is 0 Å². The van der Waals surface area contributed by atoms with Crippen molar-refractivity contribution in [1.82, 2.24) is 0 Å². The molecule has 1 aromatic carbocycles. The molecule has 3 nitrogen and oxygen atoms in total. The summed E-state index contributed by atoms with van der Waals surface area (Å²) in [6.07, 6.45) is 0. The Morgan fingerprint density at radius 2 is 1.85 bits per heavy atom. The molecule has 1 unspecified atom stereocenters. The van der Waals surface area contributed by atoms with Crippen LogP contribution >= 0.6 is 23.2 Å². The first kappa shape index (κ1) is 10.8. The smallest absolute Gasteiger partial charge is 0.284 e. The van der Waals surface area contributed by atoms with E-state index in [1.54, 1.807) is 12.1 Å². The van der Waals surface area contributed by atoms with Crippen molar-refractivity contribution in [2.24, 2.45) is 0 Å². The summed E-state index contributed by atoms with van der Waals surface area (Å²) in [4.78, 5) is 0. The molecule has 0 aliphatic heterocycles. The normalized spacial score (nSPS) is 14.1. The second kappa shape index (κ2) is 3.84. The molecule has 0 aliphatic rings. The molecule has 0 aliphatic carbocycles. The van der Waals surface area contributed by atoms with Crippen molar-refractivity contribution in [3.8, 4) is 0 Å². The highest BCUT2D eigenvalue weighted by Gasteiger charge is 2.23. The Balaban J connectivity index is 3.17. The van der Waals surface area contributed by atoms with E-state index in [2.05, 4.69) is 0 Å². The minimum atomic E-state index is -4.30. The van der Waals surface area contributed by atoms with Gasteiger partial charge in [0.2, 0.25) is 0 Å². The van der Waals surface area contributed by atoms with Crippen LogP contribution in [-0.2, 0) is 10.1 Å². The summed E-state index contributed by atoms with van der Waals surface area (Å²) in [6, 6.07) is 6.16. The van der Waals surface area contributed by atoms with Gasteiger partial charge in [0.25, 0.3) is 10.1 Å². The fourth-order valence-electron chi connectivity index (χ4n) is 0.820. The van der Waals surface area contributed by atoms with Crippen LogP contribution in [0.25, 0.3) is 0 Å². The van der Waals surface area contributed by atoms with E-state index in [1.807, 2.05) is 0 Å². The lowest BCUT2D eigenvalue weighted by Gasteiger charge is -2.07. The number of halogens is 2. The van der Waals surface area contributed by atoms with Gasteiger partial charge in [-0.05, 0) is 6.07 Å². The van der Waals surface area contributed by atoms with Crippen LogP contribution < -0.4 is 0 Å². The highest BCUT2D eigenvalue weighted by Crippen LogP contribution is 2.30. The summed E-state index contributed by atoms with van der Waals surface area (Å²) in [5, 5.41) is 0.208. The highest BCUT2D eigenvalue weighted by molar-refractivity contribution is 7.87. The van der Waals surface area contributed by atoms with Crippen LogP contribution in [0.4, 0.5) is 0 Å². The maximum absolute atomic E-state index is 10.6. The lowest BCUT2D eigenvalue weighted by Crippen LogP contribution is -2.06. The minimum absolute atomic E-state index is 0.174. The van der Waals surface area contributed by atoms with Gasteiger partial charge in [0, 0.05) is 10.6 Å². The number of alkyl halides is 1. The average molecular weight is 241 g/mol. The van der Waals surface area contributed by atoms with Crippen LogP contribution in [0.2, 0.25) is 5.02 Å². The van der Waals surface area contributed by atoms with Gasteiger partial charge in [0.15, 0.2) is 4.71 Å². The van der Waals surface area contributed by atoms with Gasteiger partial charge >= 0.3 is 0 Å². The second-order valence-electron chi connectivity index (χ2n) is 2.35. The molecule has 13 heavy (non-hydrogen) atoms. The number of benzene rings is 1. The molecular formula is C7H6Cl2O3S. The van der Waals surface area contributed by atoms with E-state index in [4.69, 9.17) is 27.8 Å². The molecule has 0 bridgehead atoms. The Bertz CT molecular complexity index is 402. The largest absolute Gasteiger partial charge is 0.286 e. The van der Waals surface area contributed by atoms with Crippen molar-refractivity contribution in [2.45, 2.75) is 4.71 Å². The molecule has 0 spiro atoms. The Morgan fingerprint density at radius 1 is 1.31 bits per heavy atom. The first-order valence-corrected chi connectivity index (χ1v) is 5.59. The van der Waals surface area contributed by atoms with Crippen LogP contribution in [0.5, 0.6) is 0 Å². The molecule has 0 saturated heterocycles. The molecule has 0 saturated carbocycles. The topological polar surface area (TPSA) is 54.4 Å². The van der Waals surface area contributed by atoms with E-state index >= 15 is 0 Å². The van der Waals surface area contributed by atoms with Gasteiger partial charge in [0.1, 0.15) is 0 Å². The molecule has 1 N–H and O–H groups in total. The lowest BCUT2D eigenvalue weighted by molar-refractivity contribution is 0.480. The van der Waals surface area contributed by atoms with Crippen LogP contribution in [0.3, 0.4) is 0 Å². The summed E-state index contributed by atoms with van der Waals surface area (Å²) in [5.41, 5.74) is 0.174. The number of rotatable bonds is 2. The molecule has 1 atom stereocenters. The summed E-state index contributed by atoms with van der Waals surface area (Å²) >= 11 is 11.1. The highest BCUT2D eigenvalue weighted by atomic mass is 35.5. The fraction of sp³-hybridized carbons (Fsp3) is 0.143. The van der Waals surface area contributed by atoms with Crippen molar-refractivity contribution in [3.05, 3.63) is 34.9 Å². The Kier molecular flexibility index (Phi) is 3.18. The molecule has 0 aromatic heterocycles. The van der Waals surface area contributed by atoms with Crippen molar-refractivity contribution in [2.75, 3.05) is 0 Å². The van der Waals surface area contributed by atoms with E-state index in [-0.39, 0.29) is 10.6 Å². The second-order valence-corrected chi connectivity index (χ2v) is 4.96. The maximum atomic E-state index is 10.6. The van der Waals surface area contributed by atoms with Crippen molar-refractivity contribution < 1.29 is 13.0 Å². The van der Waals surface area contributed by atoms with Gasteiger partial charge in [-0.15, -0.1) is 0 Å². The maximum Gasteiger partial charge on any atom is 0.286 e. The zero-order chi connectivity index (χ0) is 10.1. The number of hydrogen-bond acceptors (Lipinski definition) is 2. The summed E-state index contributed by atoms with van der Waals surface area (Å²) in [5.74, 6) is 0. The standard InChI is InChI=1S/C7H6Cl2O3S/c8-6-4-2-1-3-5(6)7(9)13(10,11)12/h1-4,7H,(H,10,11,12). The van der Waals surface area contributed by atoms with Gasteiger partial charge in [-0.3, -0.25) is 4.55 Å². The third-order valence-corrected chi connectivity index (χ3v) is 3.44. The monoisotopic (exact) mass is 240 g/mol. The third-order valence-electron chi connectivity index (χ3n) is 1.41. The van der Waals surface area contributed by atoms with Gasteiger partial charge in [0.05, 0.1) is 0 Å². The number of hydrogen-bond donors (Lipinski definition) is 1. The third kappa shape index (κ3) is 2.57. The van der Waals surface area contributed by atoms with Crippen LogP contribution in [0.1, 0.15) is 10.3 Å². The van der Waals surface area contributed by atoms with Crippen molar-refractivity contribution in [1.29, 1.82) is 0 Å². The van der Waals surface area contributed by atoms with Crippen LogP contribution in [0, 0.1) is 0 Å². The van der Waals surface area contributed by atoms with E-state index in [1.165, 1.54) is 12.1 Å². The average Bonchev–Trinajstić information content (AvgIpc) is 2.02. The van der Waals surface area contributed by atoms with Crippen LogP contribution in [0.15, 0.2) is 24.3 Å². The molecule has 0 fully saturated rings. The summed E-state index contributed by atoms with van der Waals surface area (Å²) in [7, 11) is -4.30. The molecule has 6 heteroatoms. The van der Waals surface area contributed by atoms with E-state index in [0.29, 0.717) is 0 Å². The Morgan fingerprint density at radius 3 is 2.31 bits per heavy atom. The Hall–Kier alpha value is -0.290. The van der Waals surface area contributed by atoms with Gasteiger partial charge in [-0.25, -0.2) is 0 Å².